The van der Waals surface area contributed by atoms with E-state index in [1.165, 1.54) is 17.4 Å². The van der Waals surface area contributed by atoms with Gasteiger partial charge in [0, 0.05) is 13.1 Å². The molecule has 0 bridgehead atoms. The summed E-state index contributed by atoms with van der Waals surface area (Å²) in [5.41, 5.74) is 0.146. The molecule has 2 rings (SSSR count). The van der Waals surface area contributed by atoms with Crippen molar-refractivity contribution in [2.75, 3.05) is 12.4 Å². The molecule has 1 fully saturated rings. The molecule has 1 aromatic rings. The highest BCUT2D eigenvalue weighted by Crippen LogP contribution is 2.26. The van der Waals surface area contributed by atoms with Crippen molar-refractivity contribution in [1.82, 2.24) is 4.90 Å². The van der Waals surface area contributed by atoms with Crippen LogP contribution in [0.25, 0.3) is 0 Å². The zero-order valence-corrected chi connectivity index (χ0v) is 11.0. The fourth-order valence-electron chi connectivity index (χ4n) is 2.22. The third-order valence-electron chi connectivity index (χ3n) is 3.31. The average molecular weight is 268 g/mol. The number of carbonyl (C=O) groups excluding carboxylic acids is 1. The number of urea groups is 1. The van der Waals surface area contributed by atoms with E-state index in [1.807, 2.05) is 0 Å². The first-order chi connectivity index (χ1) is 8.59. The van der Waals surface area contributed by atoms with Crippen LogP contribution in [0.2, 0.25) is 0 Å². The van der Waals surface area contributed by atoms with Gasteiger partial charge in [0.15, 0.2) is 0 Å². The van der Waals surface area contributed by atoms with Gasteiger partial charge in [-0.25, -0.2) is 9.59 Å². The Morgan fingerprint density at radius 3 is 2.72 bits per heavy atom. The smallest absolute Gasteiger partial charge is 0.338 e. The van der Waals surface area contributed by atoms with Crippen molar-refractivity contribution in [3.05, 3.63) is 17.0 Å². The second-order valence-electron chi connectivity index (χ2n) is 4.45. The second kappa shape index (κ2) is 5.39. The summed E-state index contributed by atoms with van der Waals surface area (Å²) in [6.07, 6.45) is 4.36. The number of carboxylic acids is 1. The van der Waals surface area contributed by atoms with Crippen molar-refractivity contribution in [1.29, 1.82) is 0 Å². The highest BCUT2D eigenvalue weighted by molar-refractivity contribution is 7.14. The van der Waals surface area contributed by atoms with E-state index in [9.17, 15) is 9.59 Å². The number of hydrogen-bond acceptors (Lipinski definition) is 3. The number of aromatic carboxylic acids is 1. The molecule has 0 radical (unpaired) electrons. The van der Waals surface area contributed by atoms with E-state index in [-0.39, 0.29) is 17.6 Å². The molecule has 0 spiro atoms. The molecule has 0 unspecified atom stereocenters. The predicted molar refractivity (Wildman–Crippen MR) is 70.3 cm³/mol. The molecule has 2 N–H and O–H groups in total. The largest absolute Gasteiger partial charge is 0.478 e. The Morgan fingerprint density at radius 1 is 1.44 bits per heavy atom. The van der Waals surface area contributed by atoms with Crippen molar-refractivity contribution in [3.63, 3.8) is 0 Å². The summed E-state index contributed by atoms with van der Waals surface area (Å²) in [7, 11) is 1.76. The van der Waals surface area contributed by atoms with Gasteiger partial charge in [-0.2, -0.15) is 0 Å². The molecule has 5 nitrogen and oxygen atoms in total. The zero-order valence-electron chi connectivity index (χ0n) is 10.2. The molecule has 18 heavy (non-hydrogen) atoms. The quantitative estimate of drug-likeness (QED) is 0.885. The number of nitrogens with one attached hydrogen (secondary N) is 1. The Labute approximate surface area is 109 Å². The SMILES string of the molecule is CN(C(=O)Nc1sccc1C(=O)O)C1CCCC1. The summed E-state index contributed by atoms with van der Waals surface area (Å²) < 4.78 is 0. The maximum Gasteiger partial charge on any atom is 0.338 e. The van der Waals surface area contributed by atoms with Crippen molar-refractivity contribution < 1.29 is 14.7 Å². The molecular formula is C12H16N2O3S. The number of amides is 2. The maximum atomic E-state index is 12.0. The van der Waals surface area contributed by atoms with Crippen LogP contribution >= 0.6 is 11.3 Å². The van der Waals surface area contributed by atoms with E-state index in [2.05, 4.69) is 5.32 Å². The summed E-state index contributed by atoms with van der Waals surface area (Å²) >= 11 is 1.23. The monoisotopic (exact) mass is 268 g/mol. The Hall–Kier alpha value is -1.56. The van der Waals surface area contributed by atoms with Crippen molar-refractivity contribution in [2.45, 2.75) is 31.7 Å². The minimum absolute atomic E-state index is 0.146. The van der Waals surface area contributed by atoms with Gasteiger partial charge in [-0.05, 0) is 24.3 Å². The summed E-state index contributed by atoms with van der Waals surface area (Å²) in [6.45, 7) is 0. The van der Waals surface area contributed by atoms with E-state index in [4.69, 9.17) is 5.11 Å². The molecule has 1 saturated carbocycles. The number of hydrogen-bond donors (Lipinski definition) is 2. The maximum absolute atomic E-state index is 12.0. The molecule has 0 saturated heterocycles. The summed E-state index contributed by atoms with van der Waals surface area (Å²) in [5.74, 6) is -1.02. The van der Waals surface area contributed by atoms with Crippen LogP contribution in [0.15, 0.2) is 11.4 Å². The van der Waals surface area contributed by atoms with Gasteiger partial charge >= 0.3 is 12.0 Å². The molecule has 1 aliphatic carbocycles. The first kappa shape index (κ1) is 12.9. The molecule has 1 aromatic heterocycles. The molecule has 1 heterocycles. The second-order valence-corrected chi connectivity index (χ2v) is 5.36. The Bertz CT molecular complexity index is 452. The van der Waals surface area contributed by atoms with E-state index < -0.39 is 5.97 Å². The summed E-state index contributed by atoms with van der Waals surface area (Å²) in [4.78, 5) is 24.6. The Morgan fingerprint density at radius 2 is 2.11 bits per heavy atom. The number of nitrogens with zero attached hydrogens (tertiary/aromatic N) is 1. The minimum atomic E-state index is -1.02. The van der Waals surface area contributed by atoms with Crippen molar-refractivity contribution in [2.24, 2.45) is 0 Å². The normalized spacial score (nSPS) is 15.6. The van der Waals surface area contributed by atoms with Crippen LogP contribution in [0, 0.1) is 0 Å². The molecular weight excluding hydrogens is 252 g/mol. The minimum Gasteiger partial charge on any atom is -0.478 e. The van der Waals surface area contributed by atoms with Crippen LogP contribution in [-0.2, 0) is 0 Å². The molecule has 1 aliphatic rings. The average Bonchev–Trinajstić information content (AvgIpc) is 2.98. The third-order valence-corrected chi connectivity index (χ3v) is 4.14. The number of anilines is 1. The van der Waals surface area contributed by atoms with Gasteiger partial charge in [0.25, 0.3) is 0 Å². The van der Waals surface area contributed by atoms with Crippen LogP contribution in [0.1, 0.15) is 36.0 Å². The third kappa shape index (κ3) is 2.64. The summed E-state index contributed by atoms with van der Waals surface area (Å²) in [6, 6.07) is 1.54. The van der Waals surface area contributed by atoms with Crippen LogP contribution in [0.4, 0.5) is 9.80 Å². The Balaban J connectivity index is 2.02. The fourth-order valence-corrected chi connectivity index (χ4v) is 2.99. The lowest BCUT2D eigenvalue weighted by Crippen LogP contribution is -2.38. The number of thiophene rings is 1. The van der Waals surface area contributed by atoms with Crippen LogP contribution in [0.3, 0.4) is 0 Å². The molecule has 0 atom stereocenters. The summed E-state index contributed by atoms with van der Waals surface area (Å²) in [5, 5.41) is 13.7. The first-order valence-electron chi connectivity index (χ1n) is 5.94. The lowest BCUT2D eigenvalue weighted by Gasteiger charge is -2.24. The first-order valence-corrected chi connectivity index (χ1v) is 6.82. The van der Waals surface area contributed by atoms with Crippen LogP contribution < -0.4 is 5.32 Å². The number of carboxylic acid groups (broad SMARTS) is 1. The van der Waals surface area contributed by atoms with E-state index in [0.29, 0.717) is 5.00 Å². The molecule has 0 aromatic carbocycles. The molecule has 6 heteroatoms. The van der Waals surface area contributed by atoms with Crippen molar-refractivity contribution >= 4 is 28.3 Å². The zero-order chi connectivity index (χ0) is 13.1. The predicted octanol–water partition coefficient (Wildman–Crippen LogP) is 2.85. The standard InChI is InChI=1S/C12H16N2O3S/c1-14(8-4-2-3-5-8)12(17)13-10-9(11(15)16)6-7-18-10/h6-8H,2-5H2,1H3,(H,13,17)(H,15,16). The Kier molecular flexibility index (Phi) is 3.86. The van der Waals surface area contributed by atoms with Gasteiger partial charge in [-0.15, -0.1) is 11.3 Å². The molecule has 2 amide bonds. The lowest BCUT2D eigenvalue weighted by atomic mass is 10.2. The lowest BCUT2D eigenvalue weighted by molar-refractivity contribution is 0.0698. The topological polar surface area (TPSA) is 69.6 Å². The van der Waals surface area contributed by atoms with E-state index in [1.54, 1.807) is 17.3 Å². The number of carbonyl (C=O) groups is 2. The van der Waals surface area contributed by atoms with Gasteiger partial charge < -0.3 is 10.0 Å². The van der Waals surface area contributed by atoms with E-state index in [0.717, 1.165) is 25.7 Å². The molecule has 0 aliphatic heterocycles. The van der Waals surface area contributed by atoms with Crippen LogP contribution in [0.5, 0.6) is 0 Å². The van der Waals surface area contributed by atoms with E-state index >= 15 is 0 Å². The van der Waals surface area contributed by atoms with Gasteiger partial charge in [-0.1, -0.05) is 12.8 Å². The van der Waals surface area contributed by atoms with Gasteiger partial charge in [0.2, 0.25) is 0 Å². The highest BCUT2D eigenvalue weighted by Gasteiger charge is 2.24. The molecule has 98 valence electrons. The number of rotatable bonds is 3. The van der Waals surface area contributed by atoms with Gasteiger partial charge in [0.05, 0.1) is 5.56 Å². The van der Waals surface area contributed by atoms with Gasteiger partial charge in [-0.3, -0.25) is 5.32 Å². The van der Waals surface area contributed by atoms with Crippen LogP contribution in [-0.4, -0.2) is 35.1 Å². The highest BCUT2D eigenvalue weighted by atomic mass is 32.1. The fraction of sp³-hybridized carbons (Fsp3) is 0.500. The van der Waals surface area contributed by atoms with Crippen molar-refractivity contribution in [3.8, 4) is 0 Å². The van der Waals surface area contributed by atoms with Gasteiger partial charge in [0.1, 0.15) is 5.00 Å².